The van der Waals surface area contributed by atoms with Crippen molar-refractivity contribution in [2.45, 2.75) is 25.1 Å². The second-order valence-electron chi connectivity index (χ2n) is 5.71. The fraction of sp³-hybridized carbons (Fsp3) is 1.00. The predicted octanol–water partition coefficient (Wildman–Crippen LogP) is 0.920. The van der Waals surface area contributed by atoms with E-state index in [-0.39, 0.29) is 6.04 Å². The molecule has 0 radical (unpaired) electrons. The first-order valence-corrected chi connectivity index (χ1v) is 7.30. The highest BCUT2D eigenvalue weighted by molar-refractivity contribution is 4.85. The molecule has 0 aromatic heterocycles. The molecule has 20 heavy (non-hydrogen) atoms. The zero-order chi connectivity index (χ0) is 14.6. The summed E-state index contributed by atoms with van der Waals surface area (Å²) in [5, 5.41) is 0. The van der Waals surface area contributed by atoms with Gasteiger partial charge in [-0.1, -0.05) is 0 Å². The van der Waals surface area contributed by atoms with Crippen LogP contribution in [-0.4, -0.2) is 74.5 Å². The maximum absolute atomic E-state index is 12.4. The molecule has 4 nitrogen and oxygen atoms in total. The molecule has 2 saturated heterocycles. The lowest BCUT2D eigenvalue weighted by molar-refractivity contribution is -0.150. The highest BCUT2D eigenvalue weighted by Gasteiger charge is 2.34. The second kappa shape index (κ2) is 7.06. The lowest BCUT2D eigenvalue weighted by atomic mass is 9.92. The molecule has 7 heteroatoms. The quantitative estimate of drug-likeness (QED) is 0.837. The number of nitrogens with zero attached hydrogens (tertiary/aromatic N) is 2. The molecule has 2 aliphatic heterocycles. The van der Waals surface area contributed by atoms with E-state index in [4.69, 9.17) is 10.5 Å². The largest absolute Gasteiger partial charge is 0.401 e. The average Bonchev–Trinajstić information content (AvgIpc) is 2.41. The van der Waals surface area contributed by atoms with Gasteiger partial charge < -0.3 is 10.5 Å². The van der Waals surface area contributed by atoms with Crippen molar-refractivity contribution in [3.05, 3.63) is 0 Å². The van der Waals surface area contributed by atoms with Crippen LogP contribution in [0.2, 0.25) is 0 Å². The fourth-order valence-electron chi connectivity index (χ4n) is 3.22. The van der Waals surface area contributed by atoms with E-state index < -0.39 is 12.7 Å². The molecule has 0 aromatic carbocycles. The predicted molar refractivity (Wildman–Crippen MR) is 70.5 cm³/mol. The van der Waals surface area contributed by atoms with Crippen LogP contribution in [0.3, 0.4) is 0 Å². The van der Waals surface area contributed by atoms with Crippen LogP contribution in [0, 0.1) is 5.92 Å². The van der Waals surface area contributed by atoms with Crippen LogP contribution in [0.5, 0.6) is 0 Å². The number of hydrogen-bond acceptors (Lipinski definition) is 4. The molecule has 0 saturated carbocycles. The van der Waals surface area contributed by atoms with Gasteiger partial charge in [0.15, 0.2) is 0 Å². The van der Waals surface area contributed by atoms with Crippen molar-refractivity contribution in [2.24, 2.45) is 11.7 Å². The van der Waals surface area contributed by atoms with Gasteiger partial charge >= 0.3 is 6.18 Å². The Bertz CT molecular complexity index is 287. The smallest absolute Gasteiger partial charge is 0.381 e. The molecule has 118 valence electrons. The van der Waals surface area contributed by atoms with E-state index in [1.807, 2.05) is 0 Å². The van der Waals surface area contributed by atoms with Gasteiger partial charge in [-0.3, -0.25) is 9.80 Å². The van der Waals surface area contributed by atoms with Crippen LogP contribution in [-0.2, 0) is 4.74 Å². The van der Waals surface area contributed by atoms with E-state index in [1.54, 1.807) is 0 Å². The topological polar surface area (TPSA) is 41.7 Å². The first-order chi connectivity index (χ1) is 9.49. The highest BCUT2D eigenvalue weighted by Crippen LogP contribution is 2.23. The van der Waals surface area contributed by atoms with Gasteiger partial charge in [0, 0.05) is 45.4 Å². The first kappa shape index (κ1) is 16.0. The molecule has 0 aliphatic carbocycles. The highest BCUT2D eigenvalue weighted by atomic mass is 19.4. The molecule has 2 heterocycles. The van der Waals surface area contributed by atoms with Gasteiger partial charge in [0.25, 0.3) is 0 Å². The number of ether oxygens (including phenoxy) is 1. The molecule has 2 aliphatic rings. The van der Waals surface area contributed by atoms with Gasteiger partial charge in [0.2, 0.25) is 0 Å². The van der Waals surface area contributed by atoms with Gasteiger partial charge in [-0.15, -0.1) is 0 Å². The van der Waals surface area contributed by atoms with Crippen molar-refractivity contribution in [3.63, 3.8) is 0 Å². The third-order valence-corrected chi connectivity index (χ3v) is 4.26. The molecule has 0 bridgehead atoms. The summed E-state index contributed by atoms with van der Waals surface area (Å²) in [4.78, 5) is 3.72. The summed E-state index contributed by atoms with van der Waals surface area (Å²) in [7, 11) is 0. The van der Waals surface area contributed by atoms with Crippen LogP contribution in [0.4, 0.5) is 13.2 Å². The Morgan fingerprint density at radius 3 is 2.40 bits per heavy atom. The van der Waals surface area contributed by atoms with Crippen LogP contribution in [0.25, 0.3) is 0 Å². The molecule has 0 spiro atoms. The van der Waals surface area contributed by atoms with Crippen molar-refractivity contribution in [3.8, 4) is 0 Å². The van der Waals surface area contributed by atoms with E-state index in [2.05, 4.69) is 4.90 Å². The minimum absolute atomic E-state index is 0.239. The number of alkyl halides is 3. The zero-order valence-electron chi connectivity index (χ0n) is 11.7. The molecule has 0 amide bonds. The van der Waals surface area contributed by atoms with Gasteiger partial charge in [-0.25, -0.2) is 0 Å². The summed E-state index contributed by atoms with van der Waals surface area (Å²) in [6.45, 7) is 3.53. The summed E-state index contributed by atoms with van der Waals surface area (Å²) < 4.78 is 42.6. The fourth-order valence-corrected chi connectivity index (χ4v) is 3.22. The van der Waals surface area contributed by atoms with Crippen molar-refractivity contribution in [2.75, 3.05) is 52.5 Å². The molecule has 2 atom stereocenters. The molecular formula is C13H24F3N3O. The molecule has 2 unspecified atom stereocenters. The second-order valence-corrected chi connectivity index (χ2v) is 5.71. The Hall–Kier alpha value is -0.370. The Morgan fingerprint density at radius 2 is 1.90 bits per heavy atom. The maximum atomic E-state index is 12.4. The van der Waals surface area contributed by atoms with Gasteiger partial charge in [0.1, 0.15) is 0 Å². The van der Waals surface area contributed by atoms with Gasteiger partial charge in [-0.05, 0) is 18.8 Å². The SMILES string of the molecule is NCC(C1CCCOC1)N1CCN(CC(F)(F)F)CC1. The van der Waals surface area contributed by atoms with Crippen LogP contribution in [0.15, 0.2) is 0 Å². The van der Waals surface area contributed by atoms with Gasteiger partial charge in [0.05, 0.1) is 13.2 Å². The Labute approximate surface area is 118 Å². The summed E-state index contributed by atoms with van der Waals surface area (Å²) in [5.41, 5.74) is 5.88. The lowest BCUT2D eigenvalue weighted by Gasteiger charge is -2.42. The normalized spacial score (nSPS) is 28.5. The van der Waals surface area contributed by atoms with Crippen molar-refractivity contribution >= 4 is 0 Å². The molecule has 0 aromatic rings. The van der Waals surface area contributed by atoms with Crippen molar-refractivity contribution < 1.29 is 17.9 Å². The summed E-state index contributed by atoms with van der Waals surface area (Å²) in [6.07, 6.45) is -1.95. The Kier molecular flexibility index (Phi) is 5.65. The van der Waals surface area contributed by atoms with E-state index in [1.165, 1.54) is 4.90 Å². The minimum atomic E-state index is -4.10. The van der Waals surface area contributed by atoms with Crippen molar-refractivity contribution in [1.29, 1.82) is 0 Å². The summed E-state index contributed by atoms with van der Waals surface area (Å²) in [6, 6.07) is 0.239. The Morgan fingerprint density at radius 1 is 1.20 bits per heavy atom. The lowest BCUT2D eigenvalue weighted by Crippen LogP contribution is -2.56. The molecule has 2 rings (SSSR count). The van der Waals surface area contributed by atoms with Crippen molar-refractivity contribution in [1.82, 2.24) is 9.80 Å². The number of piperazine rings is 1. The average molecular weight is 295 g/mol. The number of nitrogens with two attached hydrogens (primary N) is 1. The number of halogens is 3. The molecule has 2 fully saturated rings. The van der Waals surface area contributed by atoms with Gasteiger partial charge in [-0.2, -0.15) is 13.2 Å². The third-order valence-electron chi connectivity index (χ3n) is 4.26. The maximum Gasteiger partial charge on any atom is 0.401 e. The van der Waals surface area contributed by atoms with E-state index in [9.17, 15) is 13.2 Å². The summed E-state index contributed by atoms with van der Waals surface area (Å²) >= 11 is 0. The molecule has 2 N–H and O–H groups in total. The third kappa shape index (κ3) is 4.58. The first-order valence-electron chi connectivity index (χ1n) is 7.30. The summed E-state index contributed by atoms with van der Waals surface area (Å²) in [5.74, 6) is 0.419. The van der Waals surface area contributed by atoms with Crippen LogP contribution in [0.1, 0.15) is 12.8 Å². The zero-order valence-corrected chi connectivity index (χ0v) is 11.7. The number of hydrogen-bond donors (Lipinski definition) is 1. The number of rotatable bonds is 4. The molecular weight excluding hydrogens is 271 g/mol. The van der Waals surface area contributed by atoms with Crippen LogP contribution >= 0.6 is 0 Å². The minimum Gasteiger partial charge on any atom is -0.381 e. The standard InChI is InChI=1S/C13H24F3N3O/c14-13(15,16)10-18-3-5-19(6-4-18)12(8-17)11-2-1-7-20-9-11/h11-12H,1-10,17H2. The monoisotopic (exact) mass is 295 g/mol. The van der Waals surface area contributed by atoms with E-state index in [0.29, 0.717) is 38.6 Å². The van der Waals surface area contributed by atoms with E-state index >= 15 is 0 Å². The van der Waals surface area contributed by atoms with Crippen LogP contribution < -0.4 is 5.73 Å². The Balaban J connectivity index is 1.81. The van der Waals surface area contributed by atoms with E-state index in [0.717, 1.165) is 26.1 Å².